The number of carbonyl (C=O) groups is 2. The monoisotopic (exact) mass is 373 g/mol. The first-order chi connectivity index (χ1) is 12.9. The zero-order valence-electron chi connectivity index (χ0n) is 15.5. The normalized spacial score (nSPS) is 19.3. The predicted molar refractivity (Wildman–Crippen MR) is 95.3 cm³/mol. The minimum atomic E-state index is -1.32. The second-order valence-corrected chi connectivity index (χ2v) is 6.62. The maximum atomic E-state index is 12.4. The number of aliphatic hydroxyl groups is 1. The number of β-amino-alcohol motifs (C(OH)–C–C–N with tert-alkyl or cyclic N) is 1. The van der Waals surface area contributed by atoms with Gasteiger partial charge in [0.2, 0.25) is 5.91 Å². The number of nitrogens with zero attached hydrogens (tertiary/aromatic N) is 3. The molecule has 144 valence electrons. The molecule has 1 aliphatic heterocycles. The summed E-state index contributed by atoms with van der Waals surface area (Å²) in [5, 5.41) is 14.3. The number of hydrogen-bond donors (Lipinski definition) is 1. The molecular weight excluding hydrogens is 350 g/mol. The Labute approximate surface area is 157 Å². The lowest BCUT2D eigenvalue weighted by Crippen LogP contribution is -2.34. The number of amides is 1. The Morgan fingerprint density at radius 1 is 1.30 bits per heavy atom. The molecule has 0 radical (unpaired) electrons. The minimum Gasteiger partial charge on any atom is -0.494 e. The highest BCUT2D eigenvalue weighted by Gasteiger charge is 2.43. The molecule has 1 fully saturated rings. The Kier molecular flexibility index (Phi) is 5.55. The van der Waals surface area contributed by atoms with Crippen LogP contribution in [0.4, 0.5) is 0 Å². The number of aromatic nitrogens is 2. The SMILES string of the molecule is CCOc1ccc(C(=O)CCC(=O)N2CC[C@](O)(c3nc(C)no3)C2)cc1. The first kappa shape index (κ1) is 19.0. The van der Waals surface area contributed by atoms with Crippen LogP contribution in [0.2, 0.25) is 0 Å². The smallest absolute Gasteiger partial charge is 0.260 e. The van der Waals surface area contributed by atoms with Gasteiger partial charge in [0.1, 0.15) is 5.75 Å². The minimum absolute atomic E-state index is 0.0880. The molecule has 27 heavy (non-hydrogen) atoms. The van der Waals surface area contributed by atoms with Crippen molar-refractivity contribution < 1.29 is 24.0 Å². The van der Waals surface area contributed by atoms with Crippen LogP contribution in [0.3, 0.4) is 0 Å². The summed E-state index contributed by atoms with van der Waals surface area (Å²) in [5.74, 6) is 0.984. The standard InChI is InChI=1S/C19H23N3O5/c1-3-26-15-6-4-14(5-7-15)16(23)8-9-17(24)22-11-10-19(25,12-22)18-20-13(2)21-27-18/h4-7,25H,3,8-12H2,1-2H3/t19-/m1/s1. The second-order valence-electron chi connectivity index (χ2n) is 6.62. The lowest BCUT2D eigenvalue weighted by molar-refractivity contribution is -0.131. The van der Waals surface area contributed by atoms with Crippen LogP contribution in [0.5, 0.6) is 5.75 Å². The number of ketones is 1. The number of carbonyl (C=O) groups excluding carboxylic acids is 2. The molecule has 8 heteroatoms. The molecule has 1 amide bonds. The van der Waals surface area contributed by atoms with E-state index in [1.165, 1.54) is 4.90 Å². The first-order valence-corrected chi connectivity index (χ1v) is 8.98. The highest BCUT2D eigenvalue weighted by Crippen LogP contribution is 2.31. The van der Waals surface area contributed by atoms with E-state index in [9.17, 15) is 14.7 Å². The van der Waals surface area contributed by atoms with Crippen LogP contribution >= 0.6 is 0 Å². The Morgan fingerprint density at radius 2 is 2.04 bits per heavy atom. The van der Waals surface area contributed by atoms with E-state index in [-0.39, 0.29) is 37.0 Å². The van der Waals surface area contributed by atoms with E-state index in [0.29, 0.717) is 36.7 Å². The number of aryl methyl sites for hydroxylation is 1. The van der Waals surface area contributed by atoms with Crippen molar-refractivity contribution in [1.82, 2.24) is 15.0 Å². The maximum Gasteiger partial charge on any atom is 0.260 e. The number of rotatable bonds is 7. The molecule has 8 nitrogen and oxygen atoms in total. The Bertz CT molecular complexity index is 817. The molecule has 0 spiro atoms. The predicted octanol–water partition coefficient (Wildman–Crippen LogP) is 1.86. The van der Waals surface area contributed by atoms with Crippen LogP contribution in [-0.4, -0.2) is 51.5 Å². The molecule has 3 rings (SSSR count). The zero-order chi connectivity index (χ0) is 19.4. The number of benzene rings is 1. The molecule has 1 saturated heterocycles. The molecule has 0 unspecified atom stereocenters. The van der Waals surface area contributed by atoms with Gasteiger partial charge in [-0.05, 0) is 38.1 Å². The summed E-state index contributed by atoms with van der Waals surface area (Å²) < 4.78 is 10.4. The van der Waals surface area contributed by atoms with Gasteiger partial charge in [0.15, 0.2) is 17.2 Å². The van der Waals surface area contributed by atoms with Gasteiger partial charge in [-0.2, -0.15) is 4.98 Å². The van der Waals surface area contributed by atoms with E-state index >= 15 is 0 Å². The summed E-state index contributed by atoms with van der Waals surface area (Å²) in [6.45, 7) is 4.59. The summed E-state index contributed by atoms with van der Waals surface area (Å²) >= 11 is 0. The quantitative estimate of drug-likeness (QED) is 0.738. The van der Waals surface area contributed by atoms with Crippen LogP contribution in [-0.2, 0) is 10.4 Å². The molecule has 1 aromatic carbocycles. The molecule has 1 aliphatic rings. The van der Waals surface area contributed by atoms with Gasteiger partial charge in [0.25, 0.3) is 5.89 Å². The summed E-state index contributed by atoms with van der Waals surface area (Å²) in [5.41, 5.74) is -0.777. The van der Waals surface area contributed by atoms with Crippen molar-refractivity contribution in [3.8, 4) is 5.75 Å². The number of Topliss-reactive ketones (excluding diaryl/α,β-unsaturated/α-hetero) is 1. The van der Waals surface area contributed by atoms with Gasteiger partial charge in [-0.25, -0.2) is 0 Å². The fraction of sp³-hybridized carbons (Fsp3) is 0.474. The number of ether oxygens (including phenoxy) is 1. The molecule has 2 aromatic rings. The molecule has 0 aliphatic carbocycles. The molecular formula is C19H23N3O5. The van der Waals surface area contributed by atoms with Crippen LogP contribution in [0, 0.1) is 6.92 Å². The molecule has 1 atom stereocenters. The van der Waals surface area contributed by atoms with Gasteiger partial charge in [-0.3, -0.25) is 9.59 Å². The zero-order valence-corrected chi connectivity index (χ0v) is 15.5. The van der Waals surface area contributed by atoms with Gasteiger partial charge in [0, 0.05) is 31.4 Å². The third-order valence-corrected chi connectivity index (χ3v) is 4.58. The molecule has 1 N–H and O–H groups in total. The van der Waals surface area contributed by atoms with E-state index in [0.717, 1.165) is 0 Å². The third-order valence-electron chi connectivity index (χ3n) is 4.58. The summed E-state index contributed by atoms with van der Waals surface area (Å²) in [6.07, 6.45) is 0.527. The molecule has 1 aromatic heterocycles. The lowest BCUT2D eigenvalue weighted by Gasteiger charge is -2.19. The molecule has 0 bridgehead atoms. The van der Waals surface area contributed by atoms with Gasteiger partial charge >= 0.3 is 0 Å². The average molecular weight is 373 g/mol. The van der Waals surface area contributed by atoms with Crippen molar-refractivity contribution in [3.63, 3.8) is 0 Å². The fourth-order valence-electron chi connectivity index (χ4n) is 3.09. The summed E-state index contributed by atoms with van der Waals surface area (Å²) in [6, 6.07) is 6.88. The van der Waals surface area contributed by atoms with E-state index < -0.39 is 5.60 Å². The van der Waals surface area contributed by atoms with Gasteiger partial charge in [-0.15, -0.1) is 0 Å². The fourth-order valence-corrected chi connectivity index (χ4v) is 3.09. The first-order valence-electron chi connectivity index (χ1n) is 8.98. The van der Waals surface area contributed by atoms with E-state index in [2.05, 4.69) is 10.1 Å². The van der Waals surface area contributed by atoms with E-state index in [1.54, 1.807) is 31.2 Å². The highest BCUT2D eigenvalue weighted by atomic mass is 16.5. The molecule has 2 heterocycles. The van der Waals surface area contributed by atoms with Crippen molar-refractivity contribution in [2.75, 3.05) is 19.7 Å². The molecule has 0 saturated carbocycles. The topological polar surface area (TPSA) is 106 Å². The third kappa shape index (κ3) is 4.33. The highest BCUT2D eigenvalue weighted by molar-refractivity contribution is 5.98. The van der Waals surface area contributed by atoms with Gasteiger partial charge in [-0.1, -0.05) is 5.16 Å². The van der Waals surface area contributed by atoms with Crippen molar-refractivity contribution in [3.05, 3.63) is 41.5 Å². The maximum absolute atomic E-state index is 12.4. The summed E-state index contributed by atoms with van der Waals surface area (Å²) in [4.78, 5) is 30.3. The Balaban J connectivity index is 1.53. The van der Waals surface area contributed by atoms with Gasteiger partial charge in [0.05, 0.1) is 13.2 Å². The lowest BCUT2D eigenvalue weighted by atomic mass is 10.0. The van der Waals surface area contributed by atoms with E-state index in [1.807, 2.05) is 6.92 Å². The Hall–Kier alpha value is -2.74. The summed E-state index contributed by atoms with van der Waals surface area (Å²) in [7, 11) is 0. The van der Waals surface area contributed by atoms with Crippen LogP contribution in [0.1, 0.15) is 48.3 Å². The van der Waals surface area contributed by atoms with Crippen molar-refractivity contribution in [2.45, 2.75) is 38.7 Å². The van der Waals surface area contributed by atoms with Crippen LogP contribution in [0.25, 0.3) is 0 Å². The second kappa shape index (κ2) is 7.87. The Morgan fingerprint density at radius 3 is 2.67 bits per heavy atom. The average Bonchev–Trinajstić information content (AvgIpc) is 3.27. The van der Waals surface area contributed by atoms with E-state index in [4.69, 9.17) is 9.26 Å². The van der Waals surface area contributed by atoms with Gasteiger partial charge < -0.3 is 19.3 Å². The number of hydrogen-bond acceptors (Lipinski definition) is 7. The van der Waals surface area contributed by atoms with Crippen LogP contribution < -0.4 is 4.74 Å². The van der Waals surface area contributed by atoms with Crippen LogP contribution in [0.15, 0.2) is 28.8 Å². The van der Waals surface area contributed by atoms with Crippen molar-refractivity contribution >= 4 is 11.7 Å². The number of likely N-dealkylation sites (tertiary alicyclic amines) is 1. The van der Waals surface area contributed by atoms with Crippen molar-refractivity contribution in [2.24, 2.45) is 0 Å². The van der Waals surface area contributed by atoms with Crippen molar-refractivity contribution in [1.29, 1.82) is 0 Å². The largest absolute Gasteiger partial charge is 0.494 e.